The Hall–Kier alpha value is -2.91. The monoisotopic (exact) mass is 371 g/mol. The fourth-order valence-electron chi connectivity index (χ4n) is 3.80. The van der Waals surface area contributed by atoms with E-state index < -0.39 is 6.04 Å². The smallest absolute Gasteiger partial charge is 0.252 e. The summed E-state index contributed by atoms with van der Waals surface area (Å²) in [6.07, 6.45) is 3.59. The molecular formula is C25H25NO2. The Kier molecular flexibility index (Phi) is 5.54. The Balaban J connectivity index is 1.61. The normalized spacial score (nSPS) is 14.2. The number of hydrogen-bond donors (Lipinski definition) is 2. The minimum Gasteiger partial charge on any atom is -0.394 e. The van der Waals surface area contributed by atoms with Gasteiger partial charge in [-0.25, -0.2) is 0 Å². The fourth-order valence-corrected chi connectivity index (χ4v) is 3.80. The van der Waals surface area contributed by atoms with Crippen LogP contribution in [0.4, 0.5) is 0 Å². The minimum atomic E-state index is -0.407. The van der Waals surface area contributed by atoms with Gasteiger partial charge >= 0.3 is 0 Å². The van der Waals surface area contributed by atoms with Gasteiger partial charge in [-0.15, -0.1) is 0 Å². The summed E-state index contributed by atoms with van der Waals surface area (Å²) in [5, 5.41) is 12.8. The molecule has 3 heteroatoms. The van der Waals surface area contributed by atoms with E-state index >= 15 is 0 Å². The zero-order valence-electron chi connectivity index (χ0n) is 15.9. The van der Waals surface area contributed by atoms with E-state index in [2.05, 4.69) is 41.7 Å². The molecule has 2 N–H and O–H groups in total. The molecule has 0 saturated heterocycles. The molecule has 28 heavy (non-hydrogen) atoms. The molecular weight excluding hydrogens is 346 g/mol. The Morgan fingerprint density at radius 3 is 2.11 bits per heavy atom. The van der Waals surface area contributed by atoms with E-state index in [4.69, 9.17) is 0 Å². The highest BCUT2D eigenvalue weighted by atomic mass is 16.3. The predicted octanol–water partition coefficient (Wildman–Crippen LogP) is 4.03. The fraction of sp³-hybridized carbons (Fsp3) is 0.240. The molecule has 0 aliphatic heterocycles. The van der Waals surface area contributed by atoms with E-state index in [1.54, 1.807) is 0 Å². The summed E-state index contributed by atoms with van der Waals surface area (Å²) in [5.41, 5.74) is 6.46. The van der Waals surface area contributed by atoms with Gasteiger partial charge in [0.1, 0.15) is 0 Å². The zero-order chi connectivity index (χ0) is 19.3. The van der Waals surface area contributed by atoms with Gasteiger partial charge in [0.05, 0.1) is 12.6 Å². The third-order valence-electron chi connectivity index (χ3n) is 5.52. The lowest BCUT2D eigenvalue weighted by atomic mass is 9.93. The lowest BCUT2D eigenvalue weighted by molar-refractivity contribution is 0.0915. The number of aliphatic hydroxyl groups excluding tert-OH is 1. The third kappa shape index (κ3) is 4.15. The molecule has 0 fully saturated rings. The van der Waals surface area contributed by atoms with Crippen LogP contribution in [0.2, 0.25) is 0 Å². The zero-order valence-corrected chi connectivity index (χ0v) is 15.9. The van der Waals surface area contributed by atoms with Crippen LogP contribution in [0.15, 0.2) is 72.8 Å². The molecule has 1 amide bonds. The highest BCUT2D eigenvalue weighted by molar-refractivity contribution is 5.96. The summed E-state index contributed by atoms with van der Waals surface area (Å²) < 4.78 is 0. The molecule has 7 rings (SSSR count). The van der Waals surface area contributed by atoms with Gasteiger partial charge in [-0.2, -0.15) is 0 Å². The molecule has 0 unspecified atom stereocenters. The van der Waals surface area contributed by atoms with Gasteiger partial charge in [0.25, 0.3) is 5.91 Å². The van der Waals surface area contributed by atoms with Crippen molar-refractivity contribution in [1.82, 2.24) is 5.32 Å². The van der Waals surface area contributed by atoms with E-state index in [-0.39, 0.29) is 12.5 Å². The molecule has 142 valence electrons. The lowest BCUT2D eigenvalue weighted by Gasteiger charge is -2.19. The molecule has 3 nitrogen and oxygen atoms in total. The number of aliphatic hydroxyl groups is 1. The Bertz CT molecular complexity index is 948. The number of aryl methyl sites for hydroxylation is 4. The van der Waals surface area contributed by atoms with Crippen LogP contribution in [-0.2, 0) is 25.7 Å². The van der Waals surface area contributed by atoms with Gasteiger partial charge in [0.2, 0.25) is 0 Å². The van der Waals surface area contributed by atoms with E-state index in [0.29, 0.717) is 0 Å². The van der Waals surface area contributed by atoms with Crippen molar-refractivity contribution < 1.29 is 9.90 Å². The second-order valence-electron chi connectivity index (χ2n) is 7.43. The number of carbonyl (C=O) groups is 1. The Morgan fingerprint density at radius 2 is 1.43 bits per heavy atom. The van der Waals surface area contributed by atoms with Crippen molar-refractivity contribution in [2.45, 2.75) is 31.7 Å². The molecule has 0 saturated carbocycles. The Morgan fingerprint density at radius 1 is 0.821 bits per heavy atom. The number of amides is 1. The van der Waals surface area contributed by atoms with E-state index in [9.17, 15) is 9.90 Å². The van der Waals surface area contributed by atoms with E-state index in [1.165, 1.54) is 16.7 Å². The maximum Gasteiger partial charge on any atom is 0.252 e. The number of carbonyl (C=O) groups excluding carboxylic acids is 1. The average Bonchev–Trinajstić information content (AvgIpc) is 2.74. The second kappa shape index (κ2) is 8.41. The predicted molar refractivity (Wildman–Crippen MR) is 111 cm³/mol. The molecule has 3 aromatic rings. The highest BCUT2D eigenvalue weighted by Gasteiger charge is 2.18. The summed E-state index contributed by atoms with van der Waals surface area (Å²) in [7, 11) is 0. The van der Waals surface area contributed by atoms with Gasteiger partial charge < -0.3 is 10.4 Å². The first kappa shape index (κ1) is 18.5. The number of benzene rings is 3. The summed E-state index contributed by atoms with van der Waals surface area (Å²) in [6.45, 7) is -0.128. The van der Waals surface area contributed by atoms with Crippen LogP contribution in [0.25, 0.3) is 0 Å². The molecule has 4 aliphatic carbocycles. The molecule has 1 atom stereocenters. The second-order valence-corrected chi connectivity index (χ2v) is 7.43. The minimum absolute atomic E-state index is 0.120. The van der Waals surface area contributed by atoms with Crippen molar-refractivity contribution in [1.29, 1.82) is 0 Å². The summed E-state index contributed by atoms with van der Waals surface area (Å²) >= 11 is 0. The standard InChI is InChI=1S/C25H25NO2/c27-17-24(22-4-2-1-3-5-22)26-25(28)23-16-20-11-10-18-6-8-19(9-7-18)12-14-21(23)15-13-20/h1-9,13,15-16,24,27H,10-12,14,17H2,(H,26,28)/t24-/m1/s1. The van der Waals surface area contributed by atoms with Crippen LogP contribution in [0, 0.1) is 0 Å². The maximum atomic E-state index is 13.1. The largest absolute Gasteiger partial charge is 0.394 e. The van der Waals surface area contributed by atoms with Gasteiger partial charge in [-0.1, -0.05) is 66.7 Å². The lowest BCUT2D eigenvalue weighted by Crippen LogP contribution is -2.31. The first-order chi connectivity index (χ1) is 13.7. The van der Waals surface area contributed by atoms with Gasteiger partial charge in [0, 0.05) is 5.56 Å². The Labute approximate surface area is 166 Å². The third-order valence-corrected chi connectivity index (χ3v) is 5.52. The summed E-state index contributed by atoms with van der Waals surface area (Å²) in [6, 6.07) is 24.3. The molecule has 0 heterocycles. The summed E-state index contributed by atoms with van der Waals surface area (Å²) in [4.78, 5) is 13.1. The molecule has 3 aromatic carbocycles. The van der Waals surface area contributed by atoms with Gasteiger partial charge in [-0.05, 0) is 59.6 Å². The SMILES string of the molecule is O=C(N[C@H](CO)c1ccccc1)c1cc2ccc1CCc1ccc(cc1)CC2. The van der Waals surface area contributed by atoms with Crippen LogP contribution < -0.4 is 5.32 Å². The van der Waals surface area contributed by atoms with Crippen molar-refractivity contribution in [3.63, 3.8) is 0 Å². The van der Waals surface area contributed by atoms with Crippen LogP contribution in [0.3, 0.4) is 0 Å². The first-order valence-electron chi connectivity index (χ1n) is 9.89. The maximum absolute atomic E-state index is 13.1. The molecule has 0 radical (unpaired) electrons. The number of nitrogens with one attached hydrogen (secondary N) is 1. The average molecular weight is 371 g/mol. The topological polar surface area (TPSA) is 49.3 Å². The van der Waals surface area contributed by atoms with E-state index in [1.807, 2.05) is 36.4 Å². The van der Waals surface area contributed by atoms with Crippen LogP contribution in [-0.4, -0.2) is 17.6 Å². The van der Waals surface area contributed by atoms with Gasteiger partial charge in [-0.3, -0.25) is 4.79 Å². The van der Waals surface area contributed by atoms with Crippen molar-refractivity contribution in [2.75, 3.05) is 6.61 Å². The van der Waals surface area contributed by atoms with Crippen LogP contribution >= 0.6 is 0 Å². The van der Waals surface area contributed by atoms with Crippen LogP contribution in [0.5, 0.6) is 0 Å². The van der Waals surface area contributed by atoms with Crippen molar-refractivity contribution in [3.05, 3.63) is 106 Å². The highest BCUT2D eigenvalue weighted by Crippen LogP contribution is 2.21. The first-order valence-corrected chi connectivity index (χ1v) is 9.89. The number of rotatable bonds is 4. The van der Waals surface area contributed by atoms with E-state index in [0.717, 1.165) is 42.4 Å². The number of hydrogen-bond acceptors (Lipinski definition) is 2. The van der Waals surface area contributed by atoms with Crippen molar-refractivity contribution in [2.24, 2.45) is 0 Å². The van der Waals surface area contributed by atoms with Crippen LogP contribution in [0.1, 0.15) is 44.2 Å². The molecule has 0 spiro atoms. The molecule has 4 bridgehead atoms. The van der Waals surface area contributed by atoms with Crippen molar-refractivity contribution >= 4 is 5.91 Å². The van der Waals surface area contributed by atoms with Gasteiger partial charge in [0.15, 0.2) is 0 Å². The van der Waals surface area contributed by atoms with Crippen molar-refractivity contribution in [3.8, 4) is 0 Å². The molecule has 0 aromatic heterocycles. The molecule has 4 aliphatic rings. The quantitative estimate of drug-likeness (QED) is 0.727. The summed E-state index contributed by atoms with van der Waals surface area (Å²) in [5.74, 6) is -0.120.